The number of nitrogens with zero attached hydrogens (tertiary/aromatic N) is 3. The third kappa shape index (κ3) is 3.96. The number of hydrogen-bond donors (Lipinski definition) is 1. The van der Waals surface area contributed by atoms with Crippen molar-refractivity contribution >= 4 is 17.8 Å². The van der Waals surface area contributed by atoms with Gasteiger partial charge in [-0.05, 0) is 52.9 Å². The van der Waals surface area contributed by atoms with E-state index in [1.165, 1.54) is 0 Å². The summed E-state index contributed by atoms with van der Waals surface area (Å²) in [6, 6.07) is 0. The molecule has 3 rings (SSSR count). The van der Waals surface area contributed by atoms with Crippen molar-refractivity contribution < 1.29 is 14.3 Å². The molecule has 2 aliphatic rings. The summed E-state index contributed by atoms with van der Waals surface area (Å²) in [6.07, 6.45) is 4.29. The number of hydrogen-bond acceptors (Lipinski definition) is 4. The first-order valence-corrected chi connectivity index (χ1v) is 9.08. The number of ether oxygens (including phenoxy) is 1. The van der Waals surface area contributed by atoms with Gasteiger partial charge in [-0.2, -0.15) is 5.10 Å². The second kappa shape index (κ2) is 6.69. The molecular weight excluding hydrogens is 320 g/mol. The molecule has 0 saturated carbocycles. The average molecular weight is 348 g/mol. The summed E-state index contributed by atoms with van der Waals surface area (Å²) in [7, 11) is 1.86. The number of aryl methyl sites for hydroxylation is 2. The van der Waals surface area contributed by atoms with Crippen molar-refractivity contribution in [1.29, 1.82) is 0 Å². The highest BCUT2D eigenvalue weighted by atomic mass is 16.6. The van der Waals surface area contributed by atoms with Crippen molar-refractivity contribution in [2.75, 3.05) is 18.4 Å². The predicted octanol–water partition coefficient (Wildman–Crippen LogP) is 2.49. The Bertz CT molecular complexity index is 675. The molecule has 0 radical (unpaired) electrons. The third-order valence-electron chi connectivity index (χ3n) is 4.75. The Morgan fingerprint density at radius 3 is 2.72 bits per heavy atom. The number of amides is 2. The van der Waals surface area contributed by atoms with Gasteiger partial charge in [-0.15, -0.1) is 0 Å². The number of aromatic nitrogens is 2. The van der Waals surface area contributed by atoms with Crippen LogP contribution in [0.4, 0.5) is 10.6 Å². The molecule has 2 heterocycles. The maximum Gasteiger partial charge on any atom is 0.410 e. The largest absolute Gasteiger partial charge is 0.444 e. The molecule has 1 saturated heterocycles. The second-order valence-electron chi connectivity index (χ2n) is 8.01. The topological polar surface area (TPSA) is 76.5 Å². The summed E-state index contributed by atoms with van der Waals surface area (Å²) in [6.45, 7) is 6.59. The molecule has 1 aliphatic heterocycles. The molecule has 25 heavy (non-hydrogen) atoms. The fourth-order valence-corrected chi connectivity index (χ4v) is 3.58. The van der Waals surface area contributed by atoms with Gasteiger partial charge in [-0.1, -0.05) is 0 Å². The second-order valence-corrected chi connectivity index (χ2v) is 8.01. The third-order valence-corrected chi connectivity index (χ3v) is 4.75. The number of piperidine rings is 1. The van der Waals surface area contributed by atoms with Gasteiger partial charge in [0, 0.05) is 25.7 Å². The van der Waals surface area contributed by atoms with Gasteiger partial charge in [-0.3, -0.25) is 9.48 Å². The van der Waals surface area contributed by atoms with E-state index in [9.17, 15) is 9.59 Å². The summed E-state index contributed by atoms with van der Waals surface area (Å²) in [5.41, 5.74) is 1.73. The Balaban J connectivity index is 1.64. The monoisotopic (exact) mass is 348 g/mol. The maximum atomic E-state index is 12.7. The van der Waals surface area contributed by atoms with Crippen molar-refractivity contribution in [2.45, 2.75) is 58.5 Å². The number of anilines is 1. The normalized spacial score (nSPS) is 20.3. The summed E-state index contributed by atoms with van der Waals surface area (Å²) in [5.74, 6) is 0.561. The minimum Gasteiger partial charge on any atom is -0.444 e. The molecule has 0 bridgehead atoms. The van der Waals surface area contributed by atoms with E-state index < -0.39 is 5.60 Å². The molecule has 1 aromatic heterocycles. The molecule has 0 unspecified atom stereocenters. The Kier molecular flexibility index (Phi) is 4.75. The average Bonchev–Trinajstić information content (AvgIpc) is 3.08. The van der Waals surface area contributed by atoms with Gasteiger partial charge in [-0.25, -0.2) is 4.79 Å². The Hall–Kier alpha value is -2.05. The van der Waals surface area contributed by atoms with Crippen molar-refractivity contribution in [3.05, 3.63) is 11.3 Å². The first-order valence-electron chi connectivity index (χ1n) is 9.08. The van der Waals surface area contributed by atoms with Gasteiger partial charge in [0.2, 0.25) is 5.91 Å². The number of nitrogens with one attached hydrogen (secondary N) is 1. The van der Waals surface area contributed by atoms with E-state index in [0.717, 1.165) is 49.2 Å². The molecular formula is C18H28N4O3. The van der Waals surface area contributed by atoms with Crippen molar-refractivity contribution in [3.8, 4) is 0 Å². The van der Waals surface area contributed by atoms with E-state index >= 15 is 0 Å². The molecule has 1 atom stereocenters. The first-order chi connectivity index (χ1) is 11.7. The zero-order chi connectivity index (χ0) is 18.2. The highest BCUT2D eigenvalue weighted by Crippen LogP contribution is 2.29. The minimum atomic E-state index is -0.526. The van der Waals surface area contributed by atoms with Crippen LogP contribution in [-0.2, 0) is 29.4 Å². The van der Waals surface area contributed by atoms with Crippen LogP contribution in [0.1, 0.15) is 51.3 Å². The molecule has 0 aromatic carbocycles. The summed E-state index contributed by atoms with van der Waals surface area (Å²) in [4.78, 5) is 26.6. The number of carbonyl (C=O) groups excluding carboxylic acids is 2. The van der Waals surface area contributed by atoms with Crippen LogP contribution in [0.3, 0.4) is 0 Å². The van der Waals surface area contributed by atoms with Gasteiger partial charge >= 0.3 is 6.09 Å². The van der Waals surface area contributed by atoms with E-state index in [1.807, 2.05) is 27.8 Å². The summed E-state index contributed by atoms with van der Waals surface area (Å²) >= 11 is 0. The number of rotatable bonds is 2. The van der Waals surface area contributed by atoms with Crippen LogP contribution < -0.4 is 5.32 Å². The smallest absolute Gasteiger partial charge is 0.410 e. The van der Waals surface area contributed by atoms with Crippen LogP contribution in [-0.4, -0.2) is 45.4 Å². The van der Waals surface area contributed by atoms with E-state index in [-0.39, 0.29) is 17.9 Å². The lowest BCUT2D eigenvalue weighted by Gasteiger charge is -2.33. The fraction of sp³-hybridized carbons (Fsp3) is 0.722. The first kappa shape index (κ1) is 17.8. The Morgan fingerprint density at radius 2 is 2.00 bits per heavy atom. The SMILES string of the molecule is Cn1nc2c(c1NC(=O)[C@H]1CCCN(C(=O)OC(C)(C)C)C1)CCC2. The number of carbonyl (C=O) groups is 2. The lowest BCUT2D eigenvalue weighted by Crippen LogP contribution is -2.45. The molecule has 1 fully saturated rings. The molecule has 7 nitrogen and oxygen atoms in total. The van der Waals surface area contributed by atoms with Crippen molar-refractivity contribution in [2.24, 2.45) is 13.0 Å². The molecule has 138 valence electrons. The summed E-state index contributed by atoms with van der Waals surface area (Å²) < 4.78 is 7.19. The van der Waals surface area contributed by atoms with Crippen LogP contribution in [0.2, 0.25) is 0 Å². The van der Waals surface area contributed by atoms with E-state index in [0.29, 0.717) is 13.1 Å². The lowest BCUT2D eigenvalue weighted by atomic mass is 9.97. The van der Waals surface area contributed by atoms with Gasteiger partial charge in [0.05, 0.1) is 11.6 Å². The number of likely N-dealkylation sites (tertiary alicyclic amines) is 1. The van der Waals surface area contributed by atoms with E-state index in [1.54, 1.807) is 9.58 Å². The lowest BCUT2D eigenvalue weighted by molar-refractivity contribution is -0.121. The Morgan fingerprint density at radius 1 is 1.24 bits per heavy atom. The van der Waals surface area contributed by atoms with Crippen LogP contribution in [0.5, 0.6) is 0 Å². The number of fused-ring (bicyclic) bond motifs is 1. The van der Waals surface area contributed by atoms with Gasteiger partial charge in [0.1, 0.15) is 11.4 Å². The molecule has 1 aliphatic carbocycles. The van der Waals surface area contributed by atoms with Crippen LogP contribution in [0.15, 0.2) is 0 Å². The quantitative estimate of drug-likeness (QED) is 0.891. The molecule has 1 aromatic rings. The van der Waals surface area contributed by atoms with Gasteiger partial charge in [0.15, 0.2) is 0 Å². The van der Waals surface area contributed by atoms with Crippen LogP contribution in [0.25, 0.3) is 0 Å². The maximum absolute atomic E-state index is 12.7. The van der Waals surface area contributed by atoms with Crippen LogP contribution >= 0.6 is 0 Å². The van der Waals surface area contributed by atoms with E-state index in [2.05, 4.69) is 10.4 Å². The van der Waals surface area contributed by atoms with Crippen molar-refractivity contribution in [1.82, 2.24) is 14.7 Å². The molecule has 0 spiro atoms. The Labute approximate surface area is 148 Å². The zero-order valence-electron chi connectivity index (χ0n) is 15.6. The molecule has 1 N–H and O–H groups in total. The highest BCUT2D eigenvalue weighted by Gasteiger charge is 2.32. The minimum absolute atomic E-state index is 0.0361. The van der Waals surface area contributed by atoms with Crippen molar-refractivity contribution in [3.63, 3.8) is 0 Å². The fourth-order valence-electron chi connectivity index (χ4n) is 3.58. The van der Waals surface area contributed by atoms with E-state index in [4.69, 9.17) is 4.74 Å². The highest BCUT2D eigenvalue weighted by molar-refractivity contribution is 5.93. The standard InChI is InChI=1S/C18H28N4O3/c1-18(2,3)25-17(24)22-10-6-7-12(11-22)16(23)19-15-13-8-5-9-14(13)20-21(15)4/h12H,5-11H2,1-4H3,(H,19,23)/t12-/m0/s1. The zero-order valence-corrected chi connectivity index (χ0v) is 15.6. The van der Waals surface area contributed by atoms with Gasteiger partial charge in [0.25, 0.3) is 0 Å². The van der Waals surface area contributed by atoms with Crippen LogP contribution in [0, 0.1) is 5.92 Å². The molecule has 7 heteroatoms. The predicted molar refractivity (Wildman–Crippen MR) is 94.4 cm³/mol. The summed E-state index contributed by atoms with van der Waals surface area (Å²) in [5, 5.41) is 7.54. The van der Waals surface area contributed by atoms with Gasteiger partial charge < -0.3 is 15.0 Å². The molecule has 2 amide bonds.